The van der Waals surface area contributed by atoms with E-state index in [0.29, 0.717) is 29.7 Å². The number of hydrogen-bond acceptors (Lipinski definition) is 6. The molecule has 0 spiro atoms. The van der Waals surface area contributed by atoms with E-state index >= 15 is 0 Å². The summed E-state index contributed by atoms with van der Waals surface area (Å²) in [6.45, 7) is 3.03. The number of anilines is 2. The summed E-state index contributed by atoms with van der Waals surface area (Å²) in [5, 5.41) is 3.08. The molecule has 7 nitrogen and oxygen atoms in total. The zero-order valence-electron chi connectivity index (χ0n) is 13.8. The number of carbonyl (C=O) groups excluding carboxylic acids is 1. The standard InChI is InChI=1S/C17H20N4O3/c1-3-4-9-21(2)16(22)13-7-8-18-17(20-13)19-12-5-6-14-15(10-12)24-11-23-14/h5-8,10H,3-4,9,11H2,1-2H3,(H,18,19,20). The summed E-state index contributed by atoms with van der Waals surface area (Å²) in [6, 6.07) is 7.10. The summed E-state index contributed by atoms with van der Waals surface area (Å²) >= 11 is 0. The fourth-order valence-corrected chi connectivity index (χ4v) is 2.33. The highest BCUT2D eigenvalue weighted by Crippen LogP contribution is 2.34. The maximum atomic E-state index is 12.4. The fourth-order valence-electron chi connectivity index (χ4n) is 2.33. The van der Waals surface area contributed by atoms with E-state index in [4.69, 9.17) is 9.47 Å². The number of unbranched alkanes of at least 4 members (excludes halogenated alkanes) is 1. The molecule has 1 aromatic carbocycles. The normalized spacial score (nSPS) is 12.1. The number of carbonyl (C=O) groups is 1. The largest absolute Gasteiger partial charge is 0.454 e. The zero-order valence-corrected chi connectivity index (χ0v) is 13.8. The van der Waals surface area contributed by atoms with Crippen molar-refractivity contribution in [3.8, 4) is 11.5 Å². The third-order valence-corrected chi connectivity index (χ3v) is 3.70. The van der Waals surface area contributed by atoms with Gasteiger partial charge in [0, 0.05) is 31.5 Å². The second-order valence-corrected chi connectivity index (χ2v) is 5.54. The van der Waals surface area contributed by atoms with Crippen LogP contribution in [0.15, 0.2) is 30.5 Å². The van der Waals surface area contributed by atoms with Crippen LogP contribution in [0.2, 0.25) is 0 Å². The Bertz CT molecular complexity index is 736. The molecule has 0 saturated carbocycles. The Morgan fingerprint density at radius 1 is 1.29 bits per heavy atom. The molecule has 1 aliphatic rings. The molecule has 0 atom stereocenters. The molecule has 24 heavy (non-hydrogen) atoms. The number of aromatic nitrogens is 2. The topological polar surface area (TPSA) is 76.6 Å². The molecule has 2 aromatic rings. The maximum Gasteiger partial charge on any atom is 0.272 e. The van der Waals surface area contributed by atoms with E-state index in [1.54, 1.807) is 24.2 Å². The second-order valence-electron chi connectivity index (χ2n) is 5.54. The van der Waals surface area contributed by atoms with E-state index in [0.717, 1.165) is 18.5 Å². The summed E-state index contributed by atoms with van der Waals surface area (Å²) in [5.41, 5.74) is 1.13. The Labute approximate surface area is 140 Å². The molecule has 1 amide bonds. The molecule has 0 bridgehead atoms. The van der Waals surface area contributed by atoms with Crippen molar-refractivity contribution in [3.63, 3.8) is 0 Å². The van der Waals surface area contributed by atoms with Gasteiger partial charge in [0.1, 0.15) is 5.69 Å². The van der Waals surface area contributed by atoms with Gasteiger partial charge < -0.3 is 19.7 Å². The highest BCUT2D eigenvalue weighted by molar-refractivity contribution is 5.92. The number of fused-ring (bicyclic) bond motifs is 1. The van der Waals surface area contributed by atoms with Crippen molar-refractivity contribution >= 4 is 17.5 Å². The molecule has 0 saturated heterocycles. The monoisotopic (exact) mass is 328 g/mol. The molecular weight excluding hydrogens is 308 g/mol. The van der Waals surface area contributed by atoms with Gasteiger partial charge in [0.25, 0.3) is 5.91 Å². The van der Waals surface area contributed by atoms with Crippen LogP contribution in [0.1, 0.15) is 30.3 Å². The minimum atomic E-state index is -0.111. The lowest BCUT2D eigenvalue weighted by molar-refractivity contribution is 0.0787. The maximum absolute atomic E-state index is 12.4. The van der Waals surface area contributed by atoms with Crippen LogP contribution in [0.5, 0.6) is 11.5 Å². The molecule has 1 aliphatic heterocycles. The number of nitrogens with one attached hydrogen (secondary N) is 1. The third-order valence-electron chi connectivity index (χ3n) is 3.70. The lowest BCUT2D eigenvalue weighted by atomic mass is 10.3. The molecule has 7 heteroatoms. The van der Waals surface area contributed by atoms with Gasteiger partial charge in [-0.1, -0.05) is 13.3 Å². The smallest absolute Gasteiger partial charge is 0.272 e. The SMILES string of the molecule is CCCCN(C)C(=O)c1ccnc(Nc2ccc3c(c2)OCO3)n1. The average Bonchev–Trinajstić information content (AvgIpc) is 3.07. The highest BCUT2D eigenvalue weighted by Gasteiger charge is 2.15. The van der Waals surface area contributed by atoms with Gasteiger partial charge >= 0.3 is 0 Å². The number of hydrogen-bond donors (Lipinski definition) is 1. The van der Waals surface area contributed by atoms with Crippen LogP contribution in [0, 0.1) is 0 Å². The molecule has 0 fully saturated rings. The van der Waals surface area contributed by atoms with Crippen molar-refractivity contribution in [3.05, 3.63) is 36.2 Å². The average molecular weight is 328 g/mol. The van der Waals surface area contributed by atoms with E-state index in [1.807, 2.05) is 18.2 Å². The quantitative estimate of drug-likeness (QED) is 0.879. The van der Waals surface area contributed by atoms with Gasteiger partial charge in [-0.2, -0.15) is 0 Å². The predicted octanol–water partition coefficient (Wildman–Crippen LogP) is 2.82. The van der Waals surface area contributed by atoms with Crippen molar-refractivity contribution < 1.29 is 14.3 Å². The fraction of sp³-hybridized carbons (Fsp3) is 0.353. The highest BCUT2D eigenvalue weighted by atomic mass is 16.7. The lowest BCUT2D eigenvalue weighted by Gasteiger charge is -2.16. The summed E-state index contributed by atoms with van der Waals surface area (Å²) in [7, 11) is 1.78. The molecule has 126 valence electrons. The Morgan fingerprint density at radius 2 is 2.12 bits per heavy atom. The van der Waals surface area contributed by atoms with Crippen molar-refractivity contribution in [2.24, 2.45) is 0 Å². The van der Waals surface area contributed by atoms with Gasteiger partial charge in [-0.05, 0) is 24.6 Å². The zero-order chi connectivity index (χ0) is 16.9. The molecule has 0 unspecified atom stereocenters. The van der Waals surface area contributed by atoms with Gasteiger partial charge in [-0.15, -0.1) is 0 Å². The van der Waals surface area contributed by atoms with Crippen LogP contribution < -0.4 is 14.8 Å². The summed E-state index contributed by atoms with van der Waals surface area (Å²) in [5.74, 6) is 1.64. The van der Waals surface area contributed by atoms with Crippen LogP contribution in [0.25, 0.3) is 0 Å². The van der Waals surface area contributed by atoms with E-state index in [9.17, 15) is 4.79 Å². The summed E-state index contributed by atoms with van der Waals surface area (Å²) < 4.78 is 10.6. The van der Waals surface area contributed by atoms with E-state index in [2.05, 4.69) is 22.2 Å². The third kappa shape index (κ3) is 3.56. The number of nitrogens with zero attached hydrogens (tertiary/aromatic N) is 3. The number of amides is 1. The van der Waals surface area contributed by atoms with Crippen molar-refractivity contribution in [2.75, 3.05) is 25.7 Å². The van der Waals surface area contributed by atoms with Crippen molar-refractivity contribution in [1.29, 1.82) is 0 Å². The molecular formula is C17H20N4O3. The minimum absolute atomic E-state index is 0.111. The van der Waals surface area contributed by atoms with Crippen LogP contribution in [-0.4, -0.2) is 41.2 Å². The summed E-state index contributed by atoms with van der Waals surface area (Å²) in [6.07, 6.45) is 3.58. The molecule has 2 heterocycles. The molecule has 0 aliphatic carbocycles. The van der Waals surface area contributed by atoms with Crippen LogP contribution in [0.3, 0.4) is 0 Å². The molecule has 3 rings (SSSR count). The minimum Gasteiger partial charge on any atom is -0.454 e. The first-order valence-corrected chi connectivity index (χ1v) is 7.92. The van der Waals surface area contributed by atoms with Crippen LogP contribution >= 0.6 is 0 Å². The first-order chi connectivity index (χ1) is 11.7. The Morgan fingerprint density at radius 3 is 2.96 bits per heavy atom. The van der Waals surface area contributed by atoms with Gasteiger partial charge in [0.15, 0.2) is 11.5 Å². The van der Waals surface area contributed by atoms with Gasteiger partial charge in [-0.25, -0.2) is 9.97 Å². The molecule has 1 aromatic heterocycles. The Hall–Kier alpha value is -2.83. The van der Waals surface area contributed by atoms with Gasteiger partial charge in [-0.3, -0.25) is 4.79 Å². The second kappa shape index (κ2) is 7.16. The van der Waals surface area contributed by atoms with Crippen LogP contribution in [-0.2, 0) is 0 Å². The van der Waals surface area contributed by atoms with E-state index < -0.39 is 0 Å². The number of benzene rings is 1. The van der Waals surface area contributed by atoms with E-state index in [-0.39, 0.29) is 12.7 Å². The van der Waals surface area contributed by atoms with Crippen LogP contribution in [0.4, 0.5) is 11.6 Å². The van der Waals surface area contributed by atoms with Crippen molar-refractivity contribution in [1.82, 2.24) is 14.9 Å². The number of rotatable bonds is 6. The summed E-state index contributed by atoms with van der Waals surface area (Å²) in [4.78, 5) is 22.5. The van der Waals surface area contributed by atoms with Gasteiger partial charge in [0.2, 0.25) is 12.7 Å². The molecule has 1 N–H and O–H groups in total. The predicted molar refractivity (Wildman–Crippen MR) is 89.7 cm³/mol. The Kier molecular flexibility index (Phi) is 4.79. The first kappa shape index (κ1) is 16.0. The Balaban J connectivity index is 1.72. The first-order valence-electron chi connectivity index (χ1n) is 7.92. The molecule has 0 radical (unpaired) electrons. The van der Waals surface area contributed by atoms with Crippen molar-refractivity contribution in [2.45, 2.75) is 19.8 Å². The lowest BCUT2D eigenvalue weighted by Crippen LogP contribution is -2.28. The number of ether oxygens (including phenoxy) is 2. The van der Waals surface area contributed by atoms with Gasteiger partial charge in [0.05, 0.1) is 0 Å². The van der Waals surface area contributed by atoms with E-state index in [1.165, 1.54) is 0 Å².